The summed E-state index contributed by atoms with van der Waals surface area (Å²) in [5.74, 6) is -0.338. The van der Waals surface area contributed by atoms with Crippen LogP contribution in [0.15, 0.2) is 58.1 Å². The second-order valence-electron chi connectivity index (χ2n) is 4.58. The Morgan fingerprint density at radius 1 is 1.32 bits per heavy atom. The summed E-state index contributed by atoms with van der Waals surface area (Å²) >= 11 is 8.46. The highest BCUT2D eigenvalue weighted by atomic mass is 79.9. The zero-order valence-electron chi connectivity index (χ0n) is 12.0. The second-order valence-corrected chi connectivity index (χ2v) is 5.88. The molecular formula is C16H15BrFN3S. The number of thiocarbonyl (C=S) groups is 1. The topological polar surface area (TPSA) is 27.6 Å². The van der Waals surface area contributed by atoms with Gasteiger partial charge in [-0.15, -0.1) is 0 Å². The van der Waals surface area contributed by atoms with Gasteiger partial charge in [0, 0.05) is 23.6 Å². The summed E-state index contributed by atoms with van der Waals surface area (Å²) in [5, 5.41) is 9.22. The van der Waals surface area contributed by atoms with E-state index in [9.17, 15) is 4.39 Å². The lowest BCUT2D eigenvalue weighted by molar-refractivity contribution is 0.531. The third-order valence-electron chi connectivity index (χ3n) is 2.91. The fraction of sp³-hybridized carbons (Fsp3) is 0.125. The van der Waals surface area contributed by atoms with Crippen LogP contribution in [0.25, 0.3) is 0 Å². The maximum absolute atomic E-state index is 13.7. The first-order valence-electron chi connectivity index (χ1n) is 6.61. The van der Waals surface area contributed by atoms with Crippen LogP contribution >= 0.6 is 28.1 Å². The molecule has 0 spiro atoms. The Morgan fingerprint density at radius 3 is 2.73 bits per heavy atom. The number of hydrogen-bond donors (Lipinski definition) is 1. The number of benzene rings is 2. The van der Waals surface area contributed by atoms with E-state index in [4.69, 9.17) is 12.2 Å². The lowest BCUT2D eigenvalue weighted by Crippen LogP contribution is -2.33. The van der Waals surface area contributed by atoms with Crippen molar-refractivity contribution < 1.29 is 4.39 Å². The number of halogens is 2. The number of rotatable bonds is 4. The van der Waals surface area contributed by atoms with Crippen molar-refractivity contribution in [3.8, 4) is 0 Å². The van der Waals surface area contributed by atoms with Gasteiger partial charge in [-0.25, -0.2) is 9.40 Å². The fourth-order valence-corrected chi connectivity index (χ4v) is 2.15. The number of hydrazone groups is 1. The van der Waals surface area contributed by atoms with Gasteiger partial charge in [0.15, 0.2) is 5.11 Å². The van der Waals surface area contributed by atoms with Crippen LogP contribution < -0.4 is 5.32 Å². The molecule has 22 heavy (non-hydrogen) atoms. The smallest absolute Gasteiger partial charge is 0.189 e. The van der Waals surface area contributed by atoms with Crippen molar-refractivity contribution in [1.82, 2.24) is 10.3 Å². The third-order valence-corrected chi connectivity index (χ3v) is 3.81. The molecule has 0 aromatic heterocycles. The number of nitrogens with one attached hydrogen (secondary N) is 1. The summed E-state index contributed by atoms with van der Waals surface area (Å²) < 4.78 is 14.4. The van der Waals surface area contributed by atoms with E-state index in [0.717, 1.165) is 5.56 Å². The minimum absolute atomic E-state index is 0.338. The molecule has 1 N–H and O–H groups in total. The highest BCUT2D eigenvalue weighted by Crippen LogP contribution is 2.13. The number of hydrogen-bond acceptors (Lipinski definition) is 2. The standard InChI is InChI=1S/C16H15BrFN3S/c1-21(16(22)19-10-12-5-3-2-4-6-12)20-11-13-7-8-14(17)9-15(13)18/h2-9,11H,10H2,1H3,(H,19,22)/b20-11-. The molecule has 0 fully saturated rings. The SMILES string of the molecule is CN(/N=C\c1ccc(Br)cc1F)C(=S)NCc1ccccc1. The first kappa shape index (κ1) is 16.6. The molecule has 0 heterocycles. The largest absolute Gasteiger partial charge is 0.357 e. The van der Waals surface area contributed by atoms with Crippen LogP contribution in [0.5, 0.6) is 0 Å². The molecular weight excluding hydrogens is 365 g/mol. The van der Waals surface area contributed by atoms with Crippen molar-refractivity contribution in [2.24, 2.45) is 5.10 Å². The van der Waals surface area contributed by atoms with Crippen LogP contribution in [0.4, 0.5) is 4.39 Å². The Kier molecular flexibility index (Phi) is 6.03. The van der Waals surface area contributed by atoms with E-state index in [0.29, 0.717) is 21.7 Å². The summed E-state index contributed by atoms with van der Waals surface area (Å²) in [7, 11) is 1.72. The first-order valence-corrected chi connectivity index (χ1v) is 7.81. The van der Waals surface area contributed by atoms with E-state index in [2.05, 4.69) is 26.3 Å². The van der Waals surface area contributed by atoms with Crippen LogP contribution in [0.2, 0.25) is 0 Å². The van der Waals surface area contributed by atoms with Crippen molar-refractivity contribution in [1.29, 1.82) is 0 Å². The van der Waals surface area contributed by atoms with E-state index >= 15 is 0 Å². The van der Waals surface area contributed by atoms with Crippen LogP contribution in [0.3, 0.4) is 0 Å². The molecule has 3 nitrogen and oxygen atoms in total. The molecule has 0 aliphatic rings. The van der Waals surface area contributed by atoms with E-state index in [1.165, 1.54) is 17.3 Å². The molecule has 0 unspecified atom stereocenters. The zero-order chi connectivity index (χ0) is 15.9. The van der Waals surface area contributed by atoms with E-state index in [-0.39, 0.29) is 5.82 Å². The van der Waals surface area contributed by atoms with Crippen LogP contribution in [-0.2, 0) is 6.54 Å². The first-order chi connectivity index (χ1) is 10.6. The minimum atomic E-state index is -0.338. The lowest BCUT2D eigenvalue weighted by Gasteiger charge is -2.15. The predicted molar refractivity (Wildman–Crippen MR) is 95.3 cm³/mol. The van der Waals surface area contributed by atoms with Crippen LogP contribution in [0.1, 0.15) is 11.1 Å². The molecule has 0 amide bonds. The average Bonchev–Trinajstić information content (AvgIpc) is 2.52. The molecule has 0 atom stereocenters. The van der Waals surface area contributed by atoms with Gasteiger partial charge >= 0.3 is 0 Å². The van der Waals surface area contributed by atoms with Gasteiger partial charge in [-0.05, 0) is 36.0 Å². The molecule has 0 aliphatic carbocycles. The Labute approximate surface area is 143 Å². The lowest BCUT2D eigenvalue weighted by atomic mass is 10.2. The van der Waals surface area contributed by atoms with Gasteiger partial charge < -0.3 is 5.32 Å². The summed E-state index contributed by atoms with van der Waals surface area (Å²) in [6, 6.07) is 14.7. The van der Waals surface area contributed by atoms with Crippen molar-refractivity contribution >= 4 is 39.5 Å². The molecule has 114 valence electrons. The monoisotopic (exact) mass is 379 g/mol. The molecule has 0 bridgehead atoms. The minimum Gasteiger partial charge on any atom is -0.357 e. The van der Waals surface area contributed by atoms with Gasteiger partial charge in [-0.1, -0.05) is 46.3 Å². The van der Waals surface area contributed by atoms with Gasteiger partial charge in [0.25, 0.3) is 0 Å². The average molecular weight is 380 g/mol. The molecule has 0 radical (unpaired) electrons. The fourth-order valence-electron chi connectivity index (χ4n) is 1.70. The molecule has 2 rings (SSSR count). The normalized spacial score (nSPS) is 10.7. The van der Waals surface area contributed by atoms with Crippen molar-refractivity contribution in [2.75, 3.05) is 7.05 Å². The van der Waals surface area contributed by atoms with Crippen molar-refractivity contribution in [2.45, 2.75) is 6.54 Å². The second kappa shape index (κ2) is 8.00. The van der Waals surface area contributed by atoms with E-state index in [1.54, 1.807) is 19.2 Å². The Hall–Kier alpha value is -1.79. The van der Waals surface area contributed by atoms with Gasteiger partial charge in [0.1, 0.15) is 5.82 Å². The Bertz CT molecular complexity index is 676. The molecule has 2 aromatic carbocycles. The Balaban J connectivity index is 1.92. The number of nitrogens with zero attached hydrogens (tertiary/aromatic N) is 2. The van der Waals surface area contributed by atoms with Crippen molar-refractivity contribution in [3.05, 3.63) is 69.9 Å². The Morgan fingerprint density at radius 2 is 2.05 bits per heavy atom. The van der Waals surface area contributed by atoms with Gasteiger partial charge in [0.2, 0.25) is 0 Å². The van der Waals surface area contributed by atoms with Crippen LogP contribution in [-0.4, -0.2) is 23.4 Å². The zero-order valence-corrected chi connectivity index (χ0v) is 14.4. The summed E-state index contributed by atoms with van der Waals surface area (Å²) in [4.78, 5) is 0. The highest BCUT2D eigenvalue weighted by molar-refractivity contribution is 9.10. The molecule has 2 aromatic rings. The molecule has 6 heteroatoms. The summed E-state index contributed by atoms with van der Waals surface area (Å²) in [5.41, 5.74) is 1.53. The summed E-state index contributed by atoms with van der Waals surface area (Å²) in [6.07, 6.45) is 1.44. The molecule has 0 saturated carbocycles. The van der Waals surface area contributed by atoms with Crippen LogP contribution in [0, 0.1) is 5.82 Å². The van der Waals surface area contributed by atoms with E-state index in [1.807, 2.05) is 30.3 Å². The maximum atomic E-state index is 13.7. The van der Waals surface area contributed by atoms with E-state index < -0.39 is 0 Å². The quantitative estimate of drug-likeness (QED) is 0.495. The third kappa shape index (κ3) is 4.89. The molecule has 0 aliphatic heterocycles. The maximum Gasteiger partial charge on any atom is 0.189 e. The predicted octanol–water partition coefficient (Wildman–Crippen LogP) is 3.93. The molecule has 0 saturated heterocycles. The summed E-state index contributed by atoms with van der Waals surface area (Å²) in [6.45, 7) is 0.617. The van der Waals surface area contributed by atoms with Gasteiger partial charge in [-0.2, -0.15) is 5.10 Å². The van der Waals surface area contributed by atoms with Gasteiger partial charge in [0.05, 0.1) is 6.21 Å². The van der Waals surface area contributed by atoms with Crippen molar-refractivity contribution in [3.63, 3.8) is 0 Å². The highest BCUT2D eigenvalue weighted by Gasteiger charge is 2.03. The van der Waals surface area contributed by atoms with Gasteiger partial charge in [-0.3, -0.25) is 0 Å².